The minimum Gasteiger partial charge on any atom is -0.507 e. The zero-order valence-corrected chi connectivity index (χ0v) is 19.7. The summed E-state index contributed by atoms with van der Waals surface area (Å²) in [6.45, 7) is 6.87. The normalized spacial score (nSPS) is 17.5. The molecule has 6 heteroatoms. The van der Waals surface area contributed by atoms with Crippen LogP contribution in [0, 0.1) is 0 Å². The minimum atomic E-state index is -0.744. The number of aliphatic hydroxyl groups excluding tert-OH is 1. The van der Waals surface area contributed by atoms with Crippen molar-refractivity contribution in [2.45, 2.75) is 45.7 Å². The lowest BCUT2D eigenvalue weighted by molar-refractivity contribution is -0.140. The van der Waals surface area contributed by atoms with Crippen LogP contribution in [-0.4, -0.2) is 28.3 Å². The summed E-state index contributed by atoms with van der Waals surface area (Å²) in [5, 5.41) is 11.3. The number of Topliss-reactive ketones (excluding diaryl/α,β-unsaturated/α-hetero) is 1. The second kappa shape index (κ2) is 10.00. The Bertz CT molecular complexity index is 1190. The average Bonchev–Trinajstić information content (AvgIpc) is 3.45. The molecule has 1 amide bonds. The van der Waals surface area contributed by atoms with Gasteiger partial charge >= 0.3 is 0 Å². The molecule has 1 atom stereocenters. The van der Waals surface area contributed by atoms with Crippen molar-refractivity contribution in [3.05, 3.63) is 95.0 Å². The van der Waals surface area contributed by atoms with Crippen LogP contribution in [0.25, 0.3) is 5.76 Å². The van der Waals surface area contributed by atoms with Gasteiger partial charge in [-0.1, -0.05) is 57.2 Å². The van der Waals surface area contributed by atoms with E-state index in [-0.39, 0.29) is 17.9 Å². The van der Waals surface area contributed by atoms with E-state index in [1.807, 2.05) is 31.2 Å². The van der Waals surface area contributed by atoms with Crippen LogP contribution in [0.2, 0.25) is 0 Å². The summed E-state index contributed by atoms with van der Waals surface area (Å²) in [4.78, 5) is 27.8. The van der Waals surface area contributed by atoms with E-state index in [0.29, 0.717) is 29.6 Å². The van der Waals surface area contributed by atoms with Gasteiger partial charge in [-0.05, 0) is 47.7 Å². The van der Waals surface area contributed by atoms with Gasteiger partial charge in [-0.3, -0.25) is 9.59 Å². The first-order chi connectivity index (χ1) is 16.4. The van der Waals surface area contributed by atoms with Crippen molar-refractivity contribution in [2.24, 2.45) is 0 Å². The van der Waals surface area contributed by atoms with Crippen molar-refractivity contribution in [3.63, 3.8) is 0 Å². The number of benzene rings is 2. The molecule has 1 fully saturated rings. The summed E-state index contributed by atoms with van der Waals surface area (Å²) >= 11 is 0. The fourth-order valence-electron chi connectivity index (χ4n) is 4.13. The molecule has 1 saturated heterocycles. The van der Waals surface area contributed by atoms with Crippen LogP contribution in [0.5, 0.6) is 5.75 Å². The Morgan fingerprint density at radius 2 is 1.85 bits per heavy atom. The number of ether oxygens (including phenoxy) is 1. The van der Waals surface area contributed by atoms with E-state index in [9.17, 15) is 14.7 Å². The Kier molecular flexibility index (Phi) is 6.87. The number of furan rings is 1. The van der Waals surface area contributed by atoms with Gasteiger partial charge < -0.3 is 19.2 Å². The number of aliphatic hydroxyl groups is 1. The highest BCUT2D eigenvalue weighted by atomic mass is 16.5. The third-order valence-corrected chi connectivity index (χ3v) is 5.95. The third-order valence-electron chi connectivity index (χ3n) is 5.95. The summed E-state index contributed by atoms with van der Waals surface area (Å²) in [5.41, 5.74) is 2.37. The van der Waals surface area contributed by atoms with Crippen LogP contribution in [0.15, 0.2) is 76.9 Å². The quantitative estimate of drug-likeness (QED) is 0.261. The van der Waals surface area contributed by atoms with Gasteiger partial charge in [0.05, 0.1) is 31.0 Å². The second-order valence-electron chi connectivity index (χ2n) is 8.70. The highest BCUT2D eigenvalue weighted by Gasteiger charge is 2.46. The van der Waals surface area contributed by atoms with E-state index in [0.717, 1.165) is 17.5 Å². The molecule has 1 aliphatic rings. The number of amides is 1. The number of rotatable bonds is 8. The number of carbonyl (C=O) groups is 2. The molecule has 0 aliphatic carbocycles. The lowest BCUT2D eigenvalue weighted by atomic mass is 9.93. The van der Waals surface area contributed by atoms with Gasteiger partial charge in [0.2, 0.25) is 0 Å². The lowest BCUT2D eigenvalue weighted by Gasteiger charge is -2.25. The number of hydrogen-bond donors (Lipinski definition) is 1. The van der Waals surface area contributed by atoms with Crippen molar-refractivity contribution in [1.82, 2.24) is 4.90 Å². The molecule has 6 nitrogen and oxygen atoms in total. The van der Waals surface area contributed by atoms with Gasteiger partial charge in [0.15, 0.2) is 0 Å². The zero-order valence-electron chi connectivity index (χ0n) is 19.7. The summed E-state index contributed by atoms with van der Waals surface area (Å²) in [5.74, 6) is -0.125. The van der Waals surface area contributed by atoms with Crippen LogP contribution >= 0.6 is 0 Å². The first kappa shape index (κ1) is 23.4. The number of carbonyl (C=O) groups excluding carboxylic acids is 2. The maximum atomic E-state index is 13.2. The van der Waals surface area contributed by atoms with Gasteiger partial charge in [-0.25, -0.2) is 0 Å². The first-order valence-electron chi connectivity index (χ1n) is 11.5. The Morgan fingerprint density at radius 1 is 1.09 bits per heavy atom. The third kappa shape index (κ3) is 4.62. The highest BCUT2D eigenvalue weighted by Crippen LogP contribution is 2.41. The summed E-state index contributed by atoms with van der Waals surface area (Å²) in [6.07, 6.45) is 2.38. The van der Waals surface area contributed by atoms with Crippen LogP contribution in [0.4, 0.5) is 0 Å². The molecule has 0 spiro atoms. The van der Waals surface area contributed by atoms with E-state index in [4.69, 9.17) is 9.15 Å². The molecule has 176 valence electrons. The predicted molar refractivity (Wildman–Crippen MR) is 129 cm³/mol. The molecule has 0 saturated carbocycles. The topological polar surface area (TPSA) is 80.0 Å². The van der Waals surface area contributed by atoms with E-state index in [2.05, 4.69) is 13.8 Å². The predicted octanol–water partition coefficient (Wildman–Crippen LogP) is 5.81. The van der Waals surface area contributed by atoms with Crippen LogP contribution in [-0.2, 0) is 16.1 Å². The second-order valence-corrected chi connectivity index (χ2v) is 8.70. The van der Waals surface area contributed by atoms with E-state index < -0.39 is 17.7 Å². The maximum absolute atomic E-state index is 13.2. The Balaban J connectivity index is 1.81. The van der Waals surface area contributed by atoms with Crippen LogP contribution < -0.4 is 4.74 Å². The van der Waals surface area contributed by atoms with Crippen LogP contribution in [0.3, 0.4) is 0 Å². The van der Waals surface area contributed by atoms with Gasteiger partial charge in [0, 0.05) is 5.56 Å². The summed E-state index contributed by atoms with van der Waals surface area (Å²) in [7, 11) is 0. The Hall–Kier alpha value is -3.80. The molecular weight excluding hydrogens is 430 g/mol. The van der Waals surface area contributed by atoms with Gasteiger partial charge in [0.25, 0.3) is 11.7 Å². The molecule has 3 aromatic rings. The summed E-state index contributed by atoms with van der Waals surface area (Å²) in [6, 6.07) is 17.5. The van der Waals surface area contributed by atoms with Crippen molar-refractivity contribution in [3.8, 4) is 5.75 Å². The van der Waals surface area contributed by atoms with Gasteiger partial charge in [0.1, 0.15) is 17.3 Å². The number of hydrogen-bond acceptors (Lipinski definition) is 5. The molecule has 0 bridgehead atoms. The highest BCUT2D eigenvalue weighted by molar-refractivity contribution is 6.46. The molecular formula is C28H29NO5. The number of ketones is 1. The molecule has 2 heterocycles. The Morgan fingerprint density at radius 3 is 2.50 bits per heavy atom. The van der Waals surface area contributed by atoms with Crippen molar-refractivity contribution < 1.29 is 23.8 Å². The molecule has 1 aromatic heterocycles. The molecule has 4 rings (SSSR count). The van der Waals surface area contributed by atoms with E-state index in [1.54, 1.807) is 36.4 Å². The van der Waals surface area contributed by atoms with E-state index in [1.165, 1.54) is 11.2 Å². The van der Waals surface area contributed by atoms with Gasteiger partial charge in [-0.2, -0.15) is 0 Å². The molecule has 1 unspecified atom stereocenters. The van der Waals surface area contributed by atoms with Crippen molar-refractivity contribution >= 4 is 17.4 Å². The molecule has 1 N–H and O–H groups in total. The number of likely N-dealkylation sites (tertiary alicyclic amines) is 1. The number of nitrogens with zero attached hydrogens (tertiary/aromatic N) is 1. The zero-order chi connectivity index (χ0) is 24.2. The maximum Gasteiger partial charge on any atom is 0.296 e. The SMILES string of the molecule is CCCOc1cccc(/C(O)=C2/C(=O)C(=O)N(Cc3ccco3)C2c2ccc(C(C)C)cc2)c1. The standard InChI is InChI=1S/C28H29NO5/c1-4-14-33-22-8-5-7-21(16-22)26(30)24-25(20-12-10-19(11-13-20)18(2)3)29(28(32)27(24)31)17-23-9-6-15-34-23/h5-13,15-16,18,25,30H,4,14,17H2,1-3H3/b26-24-. The summed E-state index contributed by atoms with van der Waals surface area (Å²) < 4.78 is 11.1. The minimum absolute atomic E-state index is 0.0569. The average molecular weight is 460 g/mol. The van der Waals surface area contributed by atoms with Crippen molar-refractivity contribution in [2.75, 3.05) is 6.61 Å². The first-order valence-corrected chi connectivity index (χ1v) is 11.5. The van der Waals surface area contributed by atoms with Crippen LogP contribution in [0.1, 0.15) is 61.6 Å². The smallest absolute Gasteiger partial charge is 0.296 e. The molecule has 2 aromatic carbocycles. The fraction of sp³-hybridized carbons (Fsp3) is 0.286. The van der Waals surface area contributed by atoms with E-state index >= 15 is 0 Å². The Labute approximate surface area is 199 Å². The van der Waals surface area contributed by atoms with Gasteiger partial charge in [-0.15, -0.1) is 0 Å². The molecule has 34 heavy (non-hydrogen) atoms. The monoisotopic (exact) mass is 459 g/mol. The molecule has 0 radical (unpaired) electrons. The lowest BCUT2D eigenvalue weighted by Crippen LogP contribution is -2.29. The fourth-order valence-corrected chi connectivity index (χ4v) is 4.13. The van der Waals surface area contributed by atoms with Crippen molar-refractivity contribution in [1.29, 1.82) is 0 Å². The largest absolute Gasteiger partial charge is 0.507 e. The molecule has 1 aliphatic heterocycles.